The first kappa shape index (κ1) is 18.8. The van der Waals surface area contributed by atoms with E-state index in [9.17, 15) is 9.59 Å². The van der Waals surface area contributed by atoms with Gasteiger partial charge in [-0.15, -0.1) is 0 Å². The SMILES string of the molecule is CCOc1ccc(CC(=O)N2CCC(CNC(=O)CC#N)CC2)cc1. The van der Waals surface area contributed by atoms with Gasteiger partial charge in [0, 0.05) is 19.6 Å². The molecule has 1 aromatic carbocycles. The molecule has 0 saturated carbocycles. The van der Waals surface area contributed by atoms with E-state index < -0.39 is 0 Å². The van der Waals surface area contributed by atoms with Crippen LogP contribution in [0.3, 0.4) is 0 Å². The molecule has 0 bridgehead atoms. The van der Waals surface area contributed by atoms with E-state index in [2.05, 4.69) is 5.32 Å². The number of nitrogens with one attached hydrogen (secondary N) is 1. The number of likely N-dealkylation sites (tertiary alicyclic amines) is 1. The van der Waals surface area contributed by atoms with Crippen LogP contribution in [0.5, 0.6) is 5.75 Å². The summed E-state index contributed by atoms with van der Waals surface area (Å²) in [6, 6.07) is 9.48. The van der Waals surface area contributed by atoms with E-state index in [1.165, 1.54) is 0 Å². The fourth-order valence-electron chi connectivity index (χ4n) is 2.94. The van der Waals surface area contributed by atoms with Gasteiger partial charge in [-0.3, -0.25) is 9.59 Å². The van der Waals surface area contributed by atoms with Crippen molar-refractivity contribution in [2.24, 2.45) is 5.92 Å². The first-order valence-corrected chi connectivity index (χ1v) is 8.75. The summed E-state index contributed by atoms with van der Waals surface area (Å²) in [6.07, 6.45) is 2.05. The molecule has 0 atom stereocenters. The molecular formula is C19H25N3O3. The van der Waals surface area contributed by atoms with Crippen LogP contribution < -0.4 is 10.1 Å². The smallest absolute Gasteiger partial charge is 0.234 e. The maximum absolute atomic E-state index is 12.4. The van der Waals surface area contributed by atoms with Gasteiger partial charge in [-0.25, -0.2) is 0 Å². The van der Waals surface area contributed by atoms with Gasteiger partial charge in [-0.2, -0.15) is 5.26 Å². The number of piperidine rings is 1. The van der Waals surface area contributed by atoms with Crippen molar-refractivity contribution in [3.63, 3.8) is 0 Å². The fourth-order valence-corrected chi connectivity index (χ4v) is 2.94. The molecule has 0 aromatic heterocycles. The quantitative estimate of drug-likeness (QED) is 0.820. The fraction of sp³-hybridized carbons (Fsp3) is 0.526. The Labute approximate surface area is 148 Å². The first-order chi connectivity index (χ1) is 12.1. The first-order valence-electron chi connectivity index (χ1n) is 8.75. The summed E-state index contributed by atoms with van der Waals surface area (Å²) < 4.78 is 5.41. The number of amides is 2. The molecule has 0 radical (unpaired) electrons. The summed E-state index contributed by atoms with van der Waals surface area (Å²) in [4.78, 5) is 25.6. The van der Waals surface area contributed by atoms with Gasteiger partial charge in [0.05, 0.1) is 19.1 Å². The van der Waals surface area contributed by atoms with Crippen molar-refractivity contribution in [1.82, 2.24) is 10.2 Å². The molecule has 1 saturated heterocycles. The van der Waals surface area contributed by atoms with Gasteiger partial charge in [0.25, 0.3) is 0 Å². The second kappa shape index (κ2) is 9.67. The Hall–Kier alpha value is -2.55. The summed E-state index contributed by atoms with van der Waals surface area (Å²) in [5.41, 5.74) is 0.986. The largest absolute Gasteiger partial charge is 0.494 e. The van der Waals surface area contributed by atoms with Crippen LogP contribution in [0.2, 0.25) is 0 Å². The van der Waals surface area contributed by atoms with E-state index in [1.54, 1.807) is 0 Å². The van der Waals surface area contributed by atoms with Crippen molar-refractivity contribution in [2.45, 2.75) is 32.6 Å². The number of hydrogen-bond donors (Lipinski definition) is 1. The third-order valence-electron chi connectivity index (χ3n) is 4.38. The number of carbonyl (C=O) groups excluding carboxylic acids is 2. The minimum absolute atomic E-state index is 0.0978. The van der Waals surface area contributed by atoms with Crippen LogP contribution >= 0.6 is 0 Å². The van der Waals surface area contributed by atoms with Crippen molar-refractivity contribution in [3.8, 4) is 11.8 Å². The topological polar surface area (TPSA) is 82.4 Å². The highest BCUT2D eigenvalue weighted by atomic mass is 16.5. The molecule has 1 N–H and O–H groups in total. The molecule has 1 aromatic rings. The van der Waals surface area contributed by atoms with Crippen LogP contribution in [0.4, 0.5) is 0 Å². The Bertz CT molecular complexity index is 614. The predicted octanol–water partition coefficient (Wildman–Crippen LogP) is 1.90. The van der Waals surface area contributed by atoms with Crippen molar-refractivity contribution >= 4 is 11.8 Å². The van der Waals surface area contributed by atoms with Gasteiger partial charge in [-0.1, -0.05) is 12.1 Å². The standard InChI is InChI=1S/C19H25N3O3/c1-2-25-17-5-3-15(4-6-17)13-19(24)22-11-8-16(9-12-22)14-21-18(23)7-10-20/h3-6,16H,2,7-9,11-14H2,1H3,(H,21,23). The molecule has 0 aliphatic carbocycles. The molecule has 2 rings (SSSR count). The molecule has 134 valence electrons. The van der Waals surface area contributed by atoms with E-state index >= 15 is 0 Å². The Morgan fingerprint density at radius 1 is 1.28 bits per heavy atom. The lowest BCUT2D eigenvalue weighted by Crippen LogP contribution is -2.42. The highest BCUT2D eigenvalue weighted by molar-refractivity contribution is 5.79. The zero-order valence-electron chi connectivity index (χ0n) is 14.7. The Morgan fingerprint density at radius 2 is 1.96 bits per heavy atom. The zero-order valence-corrected chi connectivity index (χ0v) is 14.7. The summed E-state index contributed by atoms with van der Waals surface area (Å²) >= 11 is 0. The minimum atomic E-state index is -0.225. The maximum atomic E-state index is 12.4. The molecule has 25 heavy (non-hydrogen) atoms. The van der Waals surface area contributed by atoms with Crippen LogP contribution in [0.25, 0.3) is 0 Å². The van der Waals surface area contributed by atoms with E-state index in [1.807, 2.05) is 42.2 Å². The number of hydrogen-bond acceptors (Lipinski definition) is 4. The molecule has 6 nitrogen and oxygen atoms in total. The highest BCUT2D eigenvalue weighted by Crippen LogP contribution is 2.18. The highest BCUT2D eigenvalue weighted by Gasteiger charge is 2.23. The lowest BCUT2D eigenvalue weighted by Gasteiger charge is -2.32. The molecule has 1 aliphatic heterocycles. The van der Waals surface area contributed by atoms with E-state index in [0.29, 0.717) is 38.6 Å². The van der Waals surface area contributed by atoms with E-state index in [4.69, 9.17) is 10.00 Å². The van der Waals surface area contributed by atoms with Crippen LogP contribution in [-0.2, 0) is 16.0 Å². The Morgan fingerprint density at radius 3 is 2.56 bits per heavy atom. The van der Waals surface area contributed by atoms with Gasteiger partial charge in [0.1, 0.15) is 12.2 Å². The van der Waals surface area contributed by atoms with Crippen LogP contribution in [0.15, 0.2) is 24.3 Å². The summed E-state index contributed by atoms with van der Waals surface area (Å²) in [5, 5.41) is 11.2. The van der Waals surface area contributed by atoms with Gasteiger partial charge >= 0.3 is 0 Å². The normalized spacial score (nSPS) is 14.6. The van der Waals surface area contributed by atoms with E-state index in [0.717, 1.165) is 24.2 Å². The lowest BCUT2D eigenvalue weighted by molar-refractivity contribution is -0.132. The Balaban J connectivity index is 1.73. The third-order valence-corrected chi connectivity index (χ3v) is 4.38. The molecule has 1 aliphatic rings. The van der Waals surface area contributed by atoms with Crippen LogP contribution in [0.1, 0.15) is 31.7 Å². The average molecular weight is 343 g/mol. The summed E-state index contributed by atoms with van der Waals surface area (Å²) in [6.45, 7) is 4.59. The van der Waals surface area contributed by atoms with E-state index in [-0.39, 0.29) is 18.2 Å². The monoisotopic (exact) mass is 343 g/mol. The third kappa shape index (κ3) is 6.11. The molecule has 0 spiro atoms. The molecular weight excluding hydrogens is 318 g/mol. The average Bonchev–Trinajstić information content (AvgIpc) is 2.62. The lowest BCUT2D eigenvalue weighted by atomic mass is 9.96. The van der Waals surface area contributed by atoms with Gasteiger partial charge in [0.15, 0.2) is 0 Å². The van der Waals surface area contributed by atoms with Gasteiger partial charge in [0.2, 0.25) is 11.8 Å². The van der Waals surface area contributed by atoms with Crippen molar-refractivity contribution in [3.05, 3.63) is 29.8 Å². The van der Waals surface area contributed by atoms with Crippen molar-refractivity contribution in [2.75, 3.05) is 26.2 Å². The minimum Gasteiger partial charge on any atom is -0.494 e. The summed E-state index contributed by atoms with van der Waals surface area (Å²) in [5.74, 6) is 1.10. The number of nitrogens with zero attached hydrogens (tertiary/aromatic N) is 2. The van der Waals surface area contributed by atoms with Gasteiger partial charge in [-0.05, 0) is 43.4 Å². The zero-order chi connectivity index (χ0) is 18.1. The molecule has 2 amide bonds. The number of nitriles is 1. The van der Waals surface area contributed by atoms with Crippen molar-refractivity contribution < 1.29 is 14.3 Å². The number of carbonyl (C=O) groups is 2. The number of ether oxygens (including phenoxy) is 1. The summed E-state index contributed by atoms with van der Waals surface area (Å²) in [7, 11) is 0. The second-order valence-corrected chi connectivity index (χ2v) is 6.22. The predicted molar refractivity (Wildman–Crippen MR) is 93.9 cm³/mol. The van der Waals surface area contributed by atoms with Crippen LogP contribution in [-0.4, -0.2) is 43.0 Å². The Kier molecular flexibility index (Phi) is 7.27. The molecule has 1 heterocycles. The maximum Gasteiger partial charge on any atom is 0.234 e. The molecule has 1 fully saturated rings. The number of benzene rings is 1. The molecule has 6 heteroatoms. The second-order valence-electron chi connectivity index (χ2n) is 6.22. The van der Waals surface area contributed by atoms with Gasteiger partial charge < -0.3 is 15.0 Å². The van der Waals surface area contributed by atoms with Crippen LogP contribution in [0, 0.1) is 17.2 Å². The number of rotatable bonds is 7. The molecule has 0 unspecified atom stereocenters. The van der Waals surface area contributed by atoms with Crippen molar-refractivity contribution in [1.29, 1.82) is 5.26 Å².